The summed E-state index contributed by atoms with van der Waals surface area (Å²) >= 11 is 6.22. The molecule has 0 amide bonds. The Balaban J connectivity index is 2.43. The Labute approximate surface area is 113 Å². The molecule has 5 heteroatoms. The van der Waals surface area contributed by atoms with E-state index in [0.717, 1.165) is 5.69 Å². The summed E-state index contributed by atoms with van der Waals surface area (Å²) in [6, 6.07) is 0.171. The molecule has 0 radical (unpaired) electrons. The summed E-state index contributed by atoms with van der Waals surface area (Å²) in [5, 5.41) is 15.8. The van der Waals surface area contributed by atoms with Crippen LogP contribution in [0.25, 0.3) is 0 Å². The fourth-order valence-corrected chi connectivity index (χ4v) is 3.19. The van der Waals surface area contributed by atoms with Gasteiger partial charge in [0.2, 0.25) is 0 Å². The molecule has 1 fully saturated rings. The summed E-state index contributed by atoms with van der Waals surface area (Å²) < 4.78 is 7.50. The summed E-state index contributed by atoms with van der Waals surface area (Å²) in [6.45, 7) is 8.01. The fourth-order valence-electron chi connectivity index (χ4n) is 2.89. The van der Waals surface area contributed by atoms with Gasteiger partial charge in [-0.15, -0.1) is 0 Å². The second kappa shape index (κ2) is 4.83. The summed E-state index contributed by atoms with van der Waals surface area (Å²) in [5.74, 6) is 0. The van der Waals surface area contributed by atoms with E-state index in [-0.39, 0.29) is 18.2 Å². The maximum atomic E-state index is 11.0. The molecule has 4 nitrogen and oxygen atoms in total. The lowest BCUT2D eigenvalue weighted by Gasteiger charge is -2.39. The van der Waals surface area contributed by atoms with Crippen molar-refractivity contribution in [1.82, 2.24) is 9.78 Å². The minimum atomic E-state index is -0.949. The molecule has 1 aliphatic rings. The van der Waals surface area contributed by atoms with Gasteiger partial charge in [-0.1, -0.05) is 11.6 Å². The van der Waals surface area contributed by atoms with Crippen LogP contribution in [0.4, 0.5) is 0 Å². The standard InChI is InChI=1S/C13H21ClN2O2/c1-8(2)16-12(11(14)7-15-16)13(17)5-9(3)18-10(4)6-13/h7-10,17H,5-6H2,1-4H3. The highest BCUT2D eigenvalue weighted by Crippen LogP contribution is 2.41. The van der Waals surface area contributed by atoms with Crippen molar-refractivity contribution in [2.45, 2.75) is 64.4 Å². The lowest BCUT2D eigenvalue weighted by atomic mass is 9.84. The lowest BCUT2D eigenvalue weighted by molar-refractivity contribution is -0.139. The number of aliphatic hydroxyl groups is 1. The Morgan fingerprint density at radius 2 is 2.00 bits per heavy atom. The first kappa shape index (κ1) is 13.8. The van der Waals surface area contributed by atoms with Crippen LogP contribution in [0.5, 0.6) is 0 Å². The van der Waals surface area contributed by atoms with Crippen LogP contribution in [0.2, 0.25) is 5.02 Å². The van der Waals surface area contributed by atoms with Crippen LogP contribution in [0, 0.1) is 0 Å². The van der Waals surface area contributed by atoms with E-state index < -0.39 is 5.60 Å². The van der Waals surface area contributed by atoms with Crippen LogP contribution in [0.15, 0.2) is 6.20 Å². The zero-order valence-electron chi connectivity index (χ0n) is 11.4. The largest absolute Gasteiger partial charge is 0.383 e. The average Bonchev–Trinajstić information content (AvgIpc) is 2.58. The number of hydrogen-bond acceptors (Lipinski definition) is 3. The Hall–Kier alpha value is -0.580. The summed E-state index contributed by atoms with van der Waals surface area (Å²) in [6.07, 6.45) is 2.75. The third kappa shape index (κ3) is 2.42. The fraction of sp³-hybridized carbons (Fsp3) is 0.769. The van der Waals surface area contributed by atoms with E-state index in [2.05, 4.69) is 5.10 Å². The van der Waals surface area contributed by atoms with Crippen molar-refractivity contribution in [3.8, 4) is 0 Å². The number of ether oxygens (including phenoxy) is 1. The highest BCUT2D eigenvalue weighted by atomic mass is 35.5. The molecular formula is C13H21ClN2O2. The molecule has 0 aliphatic carbocycles. The van der Waals surface area contributed by atoms with Gasteiger partial charge in [0, 0.05) is 18.9 Å². The topological polar surface area (TPSA) is 47.3 Å². The monoisotopic (exact) mass is 272 g/mol. The molecule has 1 aliphatic heterocycles. The van der Waals surface area contributed by atoms with Crippen molar-refractivity contribution in [1.29, 1.82) is 0 Å². The van der Waals surface area contributed by atoms with Crippen LogP contribution in [-0.4, -0.2) is 27.1 Å². The highest BCUT2D eigenvalue weighted by Gasteiger charge is 2.42. The third-order valence-corrected chi connectivity index (χ3v) is 3.67. The van der Waals surface area contributed by atoms with Gasteiger partial charge in [0.1, 0.15) is 5.60 Å². The quantitative estimate of drug-likeness (QED) is 0.901. The van der Waals surface area contributed by atoms with E-state index >= 15 is 0 Å². The summed E-state index contributed by atoms with van der Waals surface area (Å²) in [4.78, 5) is 0. The second-order valence-corrected chi connectivity index (χ2v) is 5.98. The molecule has 2 atom stereocenters. The van der Waals surface area contributed by atoms with Gasteiger partial charge in [-0.3, -0.25) is 4.68 Å². The predicted octanol–water partition coefficient (Wildman–Crippen LogP) is 2.89. The first-order valence-corrected chi connectivity index (χ1v) is 6.82. The summed E-state index contributed by atoms with van der Waals surface area (Å²) in [5.41, 5.74) is -0.226. The number of nitrogens with zero attached hydrogens (tertiary/aromatic N) is 2. The van der Waals surface area contributed by atoms with Gasteiger partial charge in [0.05, 0.1) is 29.1 Å². The molecule has 1 aromatic rings. The van der Waals surface area contributed by atoms with Gasteiger partial charge in [-0.05, 0) is 27.7 Å². The number of hydrogen-bond donors (Lipinski definition) is 1. The summed E-state index contributed by atoms with van der Waals surface area (Å²) in [7, 11) is 0. The smallest absolute Gasteiger partial charge is 0.113 e. The zero-order valence-corrected chi connectivity index (χ0v) is 12.1. The normalized spacial score (nSPS) is 33.1. The van der Waals surface area contributed by atoms with Gasteiger partial charge in [-0.2, -0.15) is 5.10 Å². The maximum Gasteiger partial charge on any atom is 0.113 e. The van der Waals surface area contributed by atoms with Gasteiger partial charge >= 0.3 is 0 Å². The highest BCUT2D eigenvalue weighted by molar-refractivity contribution is 6.31. The molecule has 1 saturated heterocycles. The SMILES string of the molecule is CC1CC(O)(c2c(Cl)cnn2C(C)C)CC(C)O1. The molecule has 102 valence electrons. The lowest BCUT2D eigenvalue weighted by Crippen LogP contribution is -2.43. The van der Waals surface area contributed by atoms with Crippen molar-refractivity contribution in [2.75, 3.05) is 0 Å². The van der Waals surface area contributed by atoms with Crippen molar-refractivity contribution in [2.24, 2.45) is 0 Å². The molecule has 1 N–H and O–H groups in total. The van der Waals surface area contributed by atoms with Gasteiger partial charge in [0.15, 0.2) is 0 Å². The molecule has 2 heterocycles. The van der Waals surface area contributed by atoms with Crippen molar-refractivity contribution in [3.63, 3.8) is 0 Å². The van der Waals surface area contributed by atoms with Crippen LogP contribution >= 0.6 is 11.6 Å². The minimum Gasteiger partial charge on any atom is -0.383 e. The third-order valence-electron chi connectivity index (χ3n) is 3.40. The predicted molar refractivity (Wildman–Crippen MR) is 70.8 cm³/mol. The average molecular weight is 273 g/mol. The Kier molecular flexibility index (Phi) is 3.72. The molecule has 0 bridgehead atoms. The van der Waals surface area contributed by atoms with Crippen LogP contribution in [-0.2, 0) is 10.3 Å². The zero-order chi connectivity index (χ0) is 13.5. The van der Waals surface area contributed by atoms with Crippen LogP contribution < -0.4 is 0 Å². The molecule has 0 spiro atoms. The molecule has 1 aromatic heterocycles. The first-order valence-electron chi connectivity index (χ1n) is 6.45. The van der Waals surface area contributed by atoms with Gasteiger partial charge in [-0.25, -0.2) is 0 Å². The van der Waals surface area contributed by atoms with Crippen LogP contribution in [0.3, 0.4) is 0 Å². The first-order chi connectivity index (χ1) is 8.33. The molecule has 18 heavy (non-hydrogen) atoms. The molecule has 2 rings (SSSR count). The number of halogens is 1. The Morgan fingerprint density at radius 1 is 1.44 bits per heavy atom. The number of aromatic nitrogens is 2. The van der Waals surface area contributed by atoms with Crippen LogP contribution in [0.1, 0.15) is 52.3 Å². The van der Waals surface area contributed by atoms with E-state index in [0.29, 0.717) is 17.9 Å². The van der Waals surface area contributed by atoms with Gasteiger partial charge in [0.25, 0.3) is 0 Å². The number of rotatable bonds is 2. The molecule has 0 aromatic carbocycles. The van der Waals surface area contributed by atoms with E-state index in [9.17, 15) is 5.11 Å². The van der Waals surface area contributed by atoms with E-state index in [1.807, 2.05) is 32.4 Å². The Morgan fingerprint density at radius 3 is 2.50 bits per heavy atom. The molecular weight excluding hydrogens is 252 g/mol. The van der Waals surface area contributed by atoms with E-state index in [1.165, 1.54) is 0 Å². The minimum absolute atomic E-state index is 0.0188. The van der Waals surface area contributed by atoms with Crippen molar-refractivity contribution in [3.05, 3.63) is 16.9 Å². The molecule has 2 unspecified atom stereocenters. The maximum absolute atomic E-state index is 11.0. The van der Waals surface area contributed by atoms with Gasteiger partial charge < -0.3 is 9.84 Å². The van der Waals surface area contributed by atoms with E-state index in [1.54, 1.807) is 6.20 Å². The van der Waals surface area contributed by atoms with Crippen molar-refractivity contribution < 1.29 is 9.84 Å². The van der Waals surface area contributed by atoms with E-state index in [4.69, 9.17) is 16.3 Å². The molecule has 0 saturated carbocycles. The second-order valence-electron chi connectivity index (χ2n) is 5.58. The Bertz CT molecular complexity index is 421. The van der Waals surface area contributed by atoms with Crippen molar-refractivity contribution >= 4 is 11.6 Å².